The molecule has 0 aliphatic carbocycles. The average Bonchev–Trinajstić information content (AvgIpc) is 2.33. The van der Waals surface area contributed by atoms with Crippen molar-refractivity contribution in [1.29, 1.82) is 0 Å². The Morgan fingerprint density at radius 1 is 1.40 bits per heavy atom. The molecule has 2 unspecified atom stereocenters. The van der Waals surface area contributed by atoms with E-state index in [2.05, 4.69) is 5.43 Å². The zero-order valence-electron chi connectivity index (χ0n) is 8.78. The summed E-state index contributed by atoms with van der Waals surface area (Å²) in [4.78, 5) is 0. The van der Waals surface area contributed by atoms with E-state index in [4.69, 9.17) is 20.1 Å². The Balaban J connectivity index is 1.98. The molecule has 1 fully saturated rings. The molecule has 1 saturated heterocycles. The van der Waals surface area contributed by atoms with Crippen LogP contribution in [0.1, 0.15) is 12.8 Å². The number of hydrogen-bond donors (Lipinski definition) is 2. The molecule has 0 saturated carbocycles. The van der Waals surface area contributed by atoms with E-state index in [0.29, 0.717) is 19.8 Å². The third-order valence-corrected chi connectivity index (χ3v) is 2.75. The van der Waals surface area contributed by atoms with Gasteiger partial charge in [0.1, 0.15) is 6.10 Å². The van der Waals surface area contributed by atoms with Gasteiger partial charge in [0.05, 0.1) is 38.7 Å². The molecule has 0 aromatic heterocycles. The normalized spacial score (nSPS) is 29.1. The second-order valence-corrected chi connectivity index (χ2v) is 3.80. The van der Waals surface area contributed by atoms with Gasteiger partial charge in [-0.2, -0.15) is 0 Å². The maximum absolute atomic E-state index is 5.62. The number of hydrazine groups is 1. The van der Waals surface area contributed by atoms with E-state index in [1.807, 2.05) is 0 Å². The lowest BCUT2D eigenvalue weighted by Gasteiger charge is -2.32. The summed E-state index contributed by atoms with van der Waals surface area (Å²) in [5, 5.41) is 0. The summed E-state index contributed by atoms with van der Waals surface area (Å²) in [6.45, 7) is 2.69. The van der Waals surface area contributed by atoms with Gasteiger partial charge in [-0.05, 0) is 18.4 Å². The van der Waals surface area contributed by atoms with Gasteiger partial charge in [-0.15, -0.1) is 0 Å². The van der Waals surface area contributed by atoms with Crippen LogP contribution in [-0.2, 0) is 14.2 Å². The van der Waals surface area contributed by atoms with Gasteiger partial charge in [0, 0.05) is 0 Å². The number of ether oxygens (including phenoxy) is 3. The molecule has 2 atom stereocenters. The van der Waals surface area contributed by atoms with Crippen LogP contribution < -0.4 is 11.3 Å². The van der Waals surface area contributed by atoms with Gasteiger partial charge in [-0.1, -0.05) is 0 Å². The Morgan fingerprint density at radius 3 is 2.93 bits per heavy atom. The second-order valence-electron chi connectivity index (χ2n) is 3.80. The summed E-state index contributed by atoms with van der Waals surface area (Å²) < 4.78 is 16.3. The standard InChI is InChI=1S/C10H18N2O3/c11-12-10(8-2-1-3-13-6-8)9-7-14-4-5-15-9/h6,9-10,12H,1-5,7,11H2. The molecule has 5 nitrogen and oxygen atoms in total. The number of nitrogens with two attached hydrogens (primary N) is 1. The van der Waals surface area contributed by atoms with Gasteiger partial charge in [-0.25, -0.2) is 0 Å². The van der Waals surface area contributed by atoms with Crippen LogP contribution in [0.3, 0.4) is 0 Å². The van der Waals surface area contributed by atoms with Gasteiger partial charge < -0.3 is 14.2 Å². The van der Waals surface area contributed by atoms with Crippen LogP contribution in [0.15, 0.2) is 11.8 Å². The molecule has 86 valence electrons. The molecule has 15 heavy (non-hydrogen) atoms. The highest BCUT2D eigenvalue weighted by Crippen LogP contribution is 2.20. The monoisotopic (exact) mass is 214 g/mol. The first-order chi connectivity index (χ1) is 7.42. The van der Waals surface area contributed by atoms with Crippen LogP contribution in [0.5, 0.6) is 0 Å². The van der Waals surface area contributed by atoms with Gasteiger partial charge in [0.25, 0.3) is 0 Å². The summed E-state index contributed by atoms with van der Waals surface area (Å²) >= 11 is 0. The summed E-state index contributed by atoms with van der Waals surface area (Å²) in [6.07, 6.45) is 3.84. The first-order valence-electron chi connectivity index (χ1n) is 5.38. The van der Waals surface area contributed by atoms with Crippen molar-refractivity contribution in [1.82, 2.24) is 5.43 Å². The Labute approximate surface area is 89.5 Å². The Hall–Kier alpha value is -0.620. The fraction of sp³-hybridized carbons (Fsp3) is 0.800. The van der Waals surface area contributed by atoms with Crippen molar-refractivity contribution in [2.75, 3.05) is 26.4 Å². The SMILES string of the molecule is NNC(C1=COCCC1)C1COCCO1. The maximum atomic E-state index is 5.62. The van der Waals surface area contributed by atoms with Crippen molar-refractivity contribution in [3.05, 3.63) is 11.8 Å². The van der Waals surface area contributed by atoms with E-state index in [9.17, 15) is 0 Å². The first-order valence-corrected chi connectivity index (χ1v) is 5.38. The third-order valence-electron chi connectivity index (χ3n) is 2.75. The minimum absolute atomic E-state index is 0.00306. The summed E-state index contributed by atoms with van der Waals surface area (Å²) in [5.74, 6) is 5.55. The third kappa shape index (κ3) is 2.69. The number of hydrogen-bond acceptors (Lipinski definition) is 5. The van der Waals surface area contributed by atoms with E-state index < -0.39 is 0 Å². The smallest absolute Gasteiger partial charge is 0.101 e. The van der Waals surface area contributed by atoms with Crippen molar-refractivity contribution in [2.24, 2.45) is 5.84 Å². The highest BCUT2D eigenvalue weighted by Gasteiger charge is 2.28. The van der Waals surface area contributed by atoms with E-state index in [1.165, 1.54) is 5.57 Å². The minimum atomic E-state index is -0.00306. The topological polar surface area (TPSA) is 65.7 Å². The van der Waals surface area contributed by atoms with Crippen LogP contribution >= 0.6 is 0 Å². The Kier molecular flexibility index (Phi) is 3.96. The van der Waals surface area contributed by atoms with Gasteiger partial charge >= 0.3 is 0 Å². The zero-order chi connectivity index (χ0) is 10.5. The minimum Gasteiger partial charge on any atom is -0.501 e. The number of nitrogens with one attached hydrogen (secondary N) is 1. The summed E-state index contributed by atoms with van der Waals surface area (Å²) in [6, 6.07) is 0.00519. The molecule has 2 aliphatic heterocycles. The van der Waals surface area contributed by atoms with Crippen LogP contribution in [0.2, 0.25) is 0 Å². The lowest BCUT2D eigenvalue weighted by atomic mass is 9.98. The lowest BCUT2D eigenvalue weighted by Crippen LogP contribution is -2.50. The molecule has 2 aliphatic rings. The first kappa shape index (κ1) is 10.9. The molecular weight excluding hydrogens is 196 g/mol. The summed E-state index contributed by atoms with van der Waals surface area (Å²) in [5.41, 5.74) is 3.95. The predicted octanol–water partition coefficient (Wildman–Crippen LogP) is -0.0720. The van der Waals surface area contributed by atoms with Crippen LogP contribution in [0.4, 0.5) is 0 Å². The van der Waals surface area contributed by atoms with E-state index >= 15 is 0 Å². The van der Waals surface area contributed by atoms with E-state index in [1.54, 1.807) is 6.26 Å². The van der Waals surface area contributed by atoms with Crippen LogP contribution in [0.25, 0.3) is 0 Å². The quantitative estimate of drug-likeness (QED) is 0.508. The molecule has 3 N–H and O–H groups in total. The molecule has 5 heteroatoms. The Bertz CT molecular complexity index is 227. The highest BCUT2D eigenvalue weighted by atomic mass is 16.6. The molecule has 0 spiro atoms. The van der Waals surface area contributed by atoms with Gasteiger partial charge in [-0.3, -0.25) is 11.3 Å². The Morgan fingerprint density at radius 2 is 2.33 bits per heavy atom. The molecular formula is C10H18N2O3. The zero-order valence-corrected chi connectivity index (χ0v) is 8.78. The van der Waals surface area contributed by atoms with Crippen molar-refractivity contribution in [3.63, 3.8) is 0 Å². The van der Waals surface area contributed by atoms with Gasteiger partial charge in [0.15, 0.2) is 0 Å². The second kappa shape index (κ2) is 5.46. The molecule has 0 aromatic rings. The van der Waals surface area contributed by atoms with Gasteiger partial charge in [0.2, 0.25) is 0 Å². The fourth-order valence-corrected chi connectivity index (χ4v) is 1.96. The van der Waals surface area contributed by atoms with Crippen LogP contribution in [-0.4, -0.2) is 38.6 Å². The van der Waals surface area contributed by atoms with Crippen molar-refractivity contribution < 1.29 is 14.2 Å². The van der Waals surface area contributed by atoms with Crippen molar-refractivity contribution >= 4 is 0 Å². The number of rotatable bonds is 3. The molecule has 2 heterocycles. The predicted molar refractivity (Wildman–Crippen MR) is 54.9 cm³/mol. The van der Waals surface area contributed by atoms with Crippen molar-refractivity contribution in [3.8, 4) is 0 Å². The average molecular weight is 214 g/mol. The molecule has 0 radical (unpaired) electrons. The van der Waals surface area contributed by atoms with E-state index in [0.717, 1.165) is 19.4 Å². The highest BCUT2D eigenvalue weighted by molar-refractivity contribution is 5.12. The van der Waals surface area contributed by atoms with E-state index in [-0.39, 0.29) is 12.1 Å². The fourth-order valence-electron chi connectivity index (χ4n) is 1.96. The molecule has 0 amide bonds. The molecule has 2 rings (SSSR count). The maximum Gasteiger partial charge on any atom is 0.101 e. The van der Waals surface area contributed by atoms with Crippen LogP contribution in [0, 0.1) is 0 Å². The molecule has 0 aromatic carbocycles. The largest absolute Gasteiger partial charge is 0.501 e. The molecule has 0 bridgehead atoms. The van der Waals surface area contributed by atoms with Crippen molar-refractivity contribution in [2.45, 2.75) is 25.0 Å². The lowest BCUT2D eigenvalue weighted by molar-refractivity contribution is -0.0977. The summed E-state index contributed by atoms with van der Waals surface area (Å²) in [7, 11) is 0.